The van der Waals surface area contributed by atoms with Gasteiger partial charge in [-0.1, -0.05) is 0 Å². The van der Waals surface area contributed by atoms with Gasteiger partial charge in [-0.2, -0.15) is 0 Å². The lowest BCUT2D eigenvalue weighted by atomic mass is 9.85. The van der Waals surface area contributed by atoms with Crippen LogP contribution in [0.25, 0.3) is 0 Å². The van der Waals surface area contributed by atoms with E-state index in [2.05, 4.69) is 5.32 Å². The first-order valence-corrected chi connectivity index (χ1v) is 6.04. The molecule has 0 heterocycles. The van der Waals surface area contributed by atoms with Gasteiger partial charge < -0.3 is 16.2 Å². The van der Waals surface area contributed by atoms with Gasteiger partial charge >= 0.3 is 0 Å². The van der Waals surface area contributed by atoms with Crippen molar-refractivity contribution in [3.05, 3.63) is 33.9 Å². The minimum atomic E-state index is -1.11. The molecule has 0 aromatic heterocycles. The molecule has 0 aliphatic carbocycles. The van der Waals surface area contributed by atoms with Gasteiger partial charge in [0.25, 0.3) is 5.69 Å². The summed E-state index contributed by atoms with van der Waals surface area (Å²) in [7, 11) is 0. The van der Waals surface area contributed by atoms with Crippen LogP contribution in [-0.2, 0) is 0 Å². The lowest BCUT2D eigenvalue weighted by molar-refractivity contribution is -0.384. The SMILES string of the molecule is CC(C)(O)C(C)(C)Nc1ccc(C(N)=O)cc1[N+](=O)[O-]. The van der Waals surface area contributed by atoms with Crippen molar-refractivity contribution in [1.29, 1.82) is 0 Å². The molecule has 1 aromatic carbocycles. The summed E-state index contributed by atoms with van der Waals surface area (Å²) in [5.41, 5.74) is 3.19. The summed E-state index contributed by atoms with van der Waals surface area (Å²) in [6.45, 7) is 6.64. The molecule has 1 amide bonds. The highest BCUT2D eigenvalue weighted by Crippen LogP contribution is 2.32. The highest BCUT2D eigenvalue weighted by Gasteiger charge is 2.36. The fourth-order valence-electron chi connectivity index (χ4n) is 1.43. The number of anilines is 1. The molecule has 0 unspecified atom stereocenters. The second-order valence-electron chi connectivity index (χ2n) is 5.66. The molecular formula is C13H19N3O4. The largest absolute Gasteiger partial charge is 0.388 e. The maximum Gasteiger partial charge on any atom is 0.293 e. The lowest BCUT2D eigenvalue weighted by Gasteiger charge is -2.38. The number of primary amides is 1. The van der Waals surface area contributed by atoms with Gasteiger partial charge in [0.2, 0.25) is 5.91 Å². The molecule has 0 fully saturated rings. The van der Waals surface area contributed by atoms with Crippen LogP contribution in [0, 0.1) is 10.1 Å². The third kappa shape index (κ3) is 3.24. The van der Waals surface area contributed by atoms with Crippen molar-refractivity contribution in [2.45, 2.75) is 38.8 Å². The summed E-state index contributed by atoms with van der Waals surface area (Å²) in [6.07, 6.45) is 0. The smallest absolute Gasteiger partial charge is 0.293 e. The van der Waals surface area contributed by atoms with Gasteiger partial charge in [-0.3, -0.25) is 14.9 Å². The quantitative estimate of drug-likeness (QED) is 0.560. The topological polar surface area (TPSA) is 118 Å². The Morgan fingerprint density at radius 3 is 2.30 bits per heavy atom. The molecule has 7 heteroatoms. The summed E-state index contributed by atoms with van der Waals surface area (Å²) in [5.74, 6) is -0.735. The predicted octanol–water partition coefficient (Wildman–Crippen LogP) is 1.66. The van der Waals surface area contributed by atoms with Gasteiger partial charge in [0.15, 0.2) is 0 Å². The number of carbonyl (C=O) groups excluding carboxylic acids is 1. The van der Waals surface area contributed by atoms with Crippen molar-refractivity contribution < 1.29 is 14.8 Å². The molecule has 0 bridgehead atoms. The van der Waals surface area contributed by atoms with Crippen molar-refractivity contribution in [2.75, 3.05) is 5.32 Å². The van der Waals surface area contributed by atoms with Crippen LogP contribution in [0.2, 0.25) is 0 Å². The number of rotatable bonds is 5. The van der Waals surface area contributed by atoms with E-state index in [0.717, 1.165) is 6.07 Å². The summed E-state index contributed by atoms with van der Waals surface area (Å²) >= 11 is 0. The molecule has 0 aliphatic rings. The number of hydrogen-bond acceptors (Lipinski definition) is 5. The van der Waals surface area contributed by atoms with Crippen molar-refractivity contribution in [3.8, 4) is 0 Å². The zero-order valence-electron chi connectivity index (χ0n) is 11.9. The van der Waals surface area contributed by atoms with Gasteiger partial charge in [-0.05, 0) is 39.8 Å². The lowest BCUT2D eigenvalue weighted by Crippen LogP contribution is -2.51. The average molecular weight is 281 g/mol. The predicted molar refractivity (Wildman–Crippen MR) is 75.6 cm³/mol. The number of benzene rings is 1. The molecule has 4 N–H and O–H groups in total. The zero-order chi connectivity index (χ0) is 15.7. The van der Waals surface area contributed by atoms with E-state index in [4.69, 9.17) is 5.73 Å². The second kappa shape index (κ2) is 5.09. The molecular weight excluding hydrogens is 262 g/mol. The monoisotopic (exact) mass is 281 g/mol. The highest BCUT2D eigenvalue weighted by molar-refractivity contribution is 5.94. The summed E-state index contributed by atoms with van der Waals surface area (Å²) in [4.78, 5) is 21.6. The molecule has 0 spiro atoms. The molecule has 110 valence electrons. The number of nitrogens with one attached hydrogen (secondary N) is 1. The first-order chi connectivity index (χ1) is 8.95. The zero-order valence-corrected chi connectivity index (χ0v) is 11.9. The van der Waals surface area contributed by atoms with Gasteiger partial charge in [0.05, 0.1) is 16.1 Å². The molecule has 1 rings (SSSR count). The third-order valence-corrected chi connectivity index (χ3v) is 3.46. The van der Waals surface area contributed by atoms with Gasteiger partial charge in [-0.15, -0.1) is 0 Å². The van der Waals surface area contributed by atoms with E-state index >= 15 is 0 Å². The standard InChI is InChI=1S/C13H19N3O4/c1-12(2,13(3,4)18)15-9-6-5-8(11(14)17)7-10(9)16(19)20/h5-7,15,18H,1-4H3,(H2,14,17). The minimum Gasteiger partial charge on any atom is -0.388 e. The fraction of sp³-hybridized carbons (Fsp3) is 0.462. The summed E-state index contributed by atoms with van der Waals surface area (Å²) in [5, 5.41) is 24.1. The van der Waals surface area contributed by atoms with Crippen LogP contribution < -0.4 is 11.1 Å². The van der Waals surface area contributed by atoms with Crippen LogP contribution in [0.5, 0.6) is 0 Å². The number of nitrogens with two attached hydrogens (primary N) is 1. The molecule has 20 heavy (non-hydrogen) atoms. The van der Waals surface area contributed by atoms with Crippen LogP contribution >= 0.6 is 0 Å². The maximum absolute atomic E-state index is 11.1. The van der Waals surface area contributed by atoms with E-state index in [1.165, 1.54) is 12.1 Å². The first-order valence-electron chi connectivity index (χ1n) is 6.04. The number of nitro groups is 1. The van der Waals surface area contributed by atoms with Crippen molar-refractivity contribution in [1.82, 2.24) is 0 Å². The number of nitro benzene ring substituents is 1. The number of nitrogens with zero attached hydrogens (tertiary/aromatic N) is 1. The van der Waals surface area contributed by atoms with Crippen LogP contribution in [0.3, 0.4) is 0 Å². The van der Waals surface area contributed by atoms with Gasteiger partial charge in [0.1, 0.15) is 5.69 Å². The Bertz CT molecular complexity index is 547. The number of hydrogen-bond donors (Lipinski definition) is 3. The average Bonchev–Trinajstić information content (AvgIpc) is 2.26. The van der Waals surface area contributed by atoms with E-state index in [0.29, 0.717) is 0 Å². The maximum atomic E-state index is 11.1. The Hall–Kier alpha value is -2.15. The third-order valence-electron chi connectivity index (χ3n) is 3.46. The van der Waals surface area contributed by atoms with E-state index in [1.54, 1.807) is 27.7 Å². The summed E-state index contributed by atoms with van der Waals surface area (Å²) < 4.78 is 0. The molecule has 1 aromatic rings. The Labute approximate surface area is 116 Å². The molecule has 0 aliphatic heterocycles. The second-order valence-corrected chi connectivity index (χ2v) is 5.66. The van der Waals surface area contributed by atoms with Crippen molar-refractivity contribution in [2.24, 2.45) is 5.73 Å². The molecule has 7 nitrogen and oxygen atoms in total. The summed E-state index contributed by atoms with van der Waals surface area (Å²) in [6, 6.07) is 3.93. The number of amides is 1. The van der Waals surface area contributed by atoms with E-state index < -0.39 is 22.0 Å². The highest BCUT2D eigenvalue weighted by atomic mass is 16.6. The minimum absolute atomic E-state index is 0.0586. The Kier molecular flexibility index (Phi) is 4.04. The molecule has 0 saturated carbocycles. The van der Waals surface area contributed by atoms with Crippen LogP contribution in [-0.4, -0.2) is 27.1 Å². The Balaban J connectivity index is 3.26. The fourth-order valence-corrected chi connectivity index (χ4v) is 1.43. The normalized spacial score (nSPS) is 12.1. The van der Waals surface area contributed by atoms with Crippen molar-refractivity contribution in [3.63, 3.8) is 0 Å². The van der Waals surface area contributed by atoms with Gasteiger partial charge in [-0.25, -0.2) is 0 Å². The number of carbonyl (C=O) groups is 1. The van der Waals surface area contributed by atoms with E-state index in [-0.39, 0.29) is 16.9 Å². The van der Waals surface area contributed by atoms with Gasteiger partial charge in [0, 0.05) is 11.6 Å². The van der Waals surface area contributed by atoms with E-state index in [1.807, 2.05) is 0 Å². The van der Waals surface area contributed by atoms with Crippen LogP contribution in [0.4, 0.5) is 11.4 Å². The Morgan fingerprint density at radius 2 is 1.90 bits per heavy atom. The van der Waals surface area contributed by atoms with Crippen LogP contribution in [0.15, 0.2) is 18.2 Å². The molecule has 0 saturated heterocycles. The molecule has 0 atom stereocenters. The number of aliphatic hydroxyl groups is 1. The van der Waals surface area contributed by atoms with Crippen molar-refractivity contribution >= 4 is 17.3 Å². The molecule has 0 radical (unpaired) electrons. The van der Waals surface area contributed by atoms with Crippen LogP contribution in [0.1, 0.15) is 38.1 Å². The Morgan fingerprint density at radius 1 is 1.35 bits per heavy atom. The first kappa shape index (κ1) is 15.9. The van der Waals surface area contributed by atoms with E-state index in [9.17, 15) is 20.0 Å².